The zero-order chi connectivity index (χ0) is 20.2. The van der Waals surface area contributed by atoms with E-state index in [0.29, 0.717) is 5.92 Å². The Bertz CT molecular complexity index is 976. The van der Waals surface area contributed by atoms with Gasteiger partial charge in [-0.2, -0.15) is 0 Å². The number of likely N-dealkylation sites (tertiary alicyclic amines) is 1. The molecule has 3 aromatic rings. The van der Waals surface area contributed by atoms with Crippen molar-refractivity contribution in [3.63, 3.8) is 0 Å². The van der Waals surface area contributed by atoms with Crippen molar-refractivity contribution in [2.45, 2.75) is 32.1 Å². The van der Waals surface area contributed by atoms with Gasteiger partial charge in [-0.25, -0.2) is 4.98 Å². The van der Waals surface area contributed by atoms with Crippen LogP contribution in [0.5, 0.6) is 5.75 Å². The van der Waals surface area contributed by atoms with Gasteiger partial charge in [-0.1, -0.05) is 18.2 Å². The molecule has 1 aliphatic heterocycles. The summed E-state index contributed by atoms with van der Waals surface area (Å²) in [7, 11) is 1.68. The molecule has 0 spiro atoms. The predicted octanol–water partition coefficient (Wildman–Crippen LogP) is 4.47. The summed E-state index contributed by atoms with van der Waals surface area (Å²) in [5, 5.41) is 0. The Balaban J connectivity index is 1.39. The molecule has 0 saturated carbocycles. The minimum absolute atomic E-state index is 0.115. The van der Waals surface area contributed by atoms with Crippen molar-refractivity contribution < 1.29 is 9.53 Å². The molecule has 0 bridgehead atoms. The number of carbonyl (C=O) groups excluding carboxylic acids is 1. The smallest absolute Gasteiger partial charge is 0.265 e. The number of rotatable bonds is 5. The molecule has 0 atom stereocenters. The van der Waals surface area contributed by atoms with Gasteiger partial charge < -0.3 is 9.64 Å². The van der Waals surface area contributed by atoms with E-state index >= 15 is 0 Å². The topological polar surface area (TPSA) is 55.3 Å². The molecule has 3 heterocycles. The van der Waals surface area contributed by atoms with E-state index in [1.165, 1.54) is 16.9 Å². The minimum Gasteiger partial charge on any atom is -0.497 e. The largest absolute Gasteiger partial charge is 0.497 e. The standard InChI is InChI=1S/C23H25N3O2S/c1-16-22(29-15-24-16)23(27)26-12-10-18(11-13-26)21-5-3-4-19(25-21)14-17-6-8-20(28-2)9-7-17/h3-9,15,18H,10-14H2,1-2H3. The van der Waals surface area contributed by atoms with Gasteiger partial charge in [0.25, 0.3) is 5.91 Å². The second-order valence-corrected chi connectivity index (χ2v) is 8.27. The van der Waals surface area contributed by atoms with Gasteiger partial charge in [0.2, 0.25) is 0 Å². The van der Waals surface area contributed by atoms with Gasteiger partial charge in [-0.3, -0.25) is 9.78 Å². The number of nitrogens with zero attached hydrogens (tertiary/aromatic N) is 3. The number of ether oxygens (including phenoxy) is 1. The highest BCUT2D eigenvalue weighted by Gasteiger charge is 2.27. The van der Waals surface area contributed by atoms with Crippen LogP contribution >= 0.6 is 11.3 Å². The van der Waals surface area contributed by atoms with Crippen LogP contribution in [-0.4, -0.2) is 41.0 Å². The lowest BCUT2D eigenvalue weighted by molar-refractivity contribution is 0.0716. The number of pyridine rings is 1. The molecular formula is C23H25N3O2S. The number of hydrogen-bond donors (Lipinski definition) is 0. The van der Waals surface area contributed by atoms with Crippen LogP contribution in [0.1, 0.15) is 51.1 Å². The number of carbonyl (C=O) groups is 1. The molecule has 0 unspecified atom stereocenters. The number of aryl methyl sites for hydroxylation is 1. The van der Waals surface area contributed by atoms with Crippen molar-refractivity contribution in [1.82, 2.24) is 14.9 Å². The van der Waals surface area contributed by atoms with E-state index in [2.05, 4.69) is 35.3 Å². The van der Waals surface area contributed by atoms with Crippen LogP contribution in [0.15, 0.2) is 48.0 Å². The fourth-order valence-corrected chi connectivity index (χ4v) is 4.58. The van der Waals surface area contributed by atoms with Gasteiger partial charge in [0, 0.05) is 36.8 Å². The first kappa shape index (κ1) is 19.6. The van der Waals surface area contributed by atoms with Crippen LogP contribution in [0.2, 0.25) is 0 Å². The van der Waals surface area contributed by atoms with Crippen molar-refractivity contribution in [3.8, 4) is 5.75 Å². The van der Waals surface area contributed by atoms with Gasteiger partial charge in [0.15, 0.2) is 0 Å². The first-order chi connectivity index (χ1) is 14.1. The maximum absolute atomic E-state index is 12.7. The predicted molar refractivity (Wildman–Crippen MR) is 115 cm³/mol. The molecule has 0 aliphatic carbocycles. The van der Waals surface area contributed by atoms with E-state index in [1.54, 1.807) is 12.6 Å². The summed E-state index contributed by atoms with van der Waals surface area (Å²) in [6, 6.07) is 14.4. The van der Waals surface area contributed by atoms with Crippen LogP contribution in [0.3, 0.4) is 0 Å². The lowest BCUT2D eigenvalue weighted by Crippen LogP contribution is -2.38. The fraction of sp³-hybridized carbons (Fsp3) is 0.348. The average molecular weight is 408 g/mol. The van der Waals surface area contributed by atoms with Gasteiger partial charge in [0.05, 0.1) is 18.3 Å². The number of methoxy groups -OCH3 is 1. The molecule has 1 saturated heterocycles. The Kier molecular flexibility index (Phi) is 5.90. The first-order valence-corrected chi connectivity index (χ1v) is 10.8. The number of thiazole rings is 1. The van der Waals surface area contributed by atoms with Crippen molar-refractivity contribution in [2.75, 3.05) is 20.2 Å². The lowest BCUT2D eigenvalue weighted by atomic mass is 9.92. The van der Waals surface area contributed by atoms with Gasteiger partial charge in [-0.15, -0.1) is 11.3 Å². The summed E-state index contributed by atoms with van der Waals surface area (Å²) in [4.78, 5) is 24.6. The van der Waals surface area contributed by atoms with E-state index in [9.17, 15) is 4.79 Å². The maximum Gasteiger partial charge on any atom is 0.265 e. The third-order valence-electron chi connectivity index (χ3n) is 5.51. The van der Waals surface area contributed by atoms with Crippen molar-refractivity contribution in [3.05, 3.63) is 75.5 Å². The van der Waals surface area contributed by atoms with E-state index in [-0.39, 0.29) is 5.91 Å². The number of hydrogen-bond acceptors (Lipinski definition) is 5. The highest BCUT2D eigenvalue weighted by Crippen LogP contribution is 2.28. The number of aromatic nitrogens is 2. The Labute approximate surface area is 175 Å². The SMILES string of the molecule is COc1ccc(Cc2cccc(C3CCN(C(=O)c4scnc4C)CC3)n2)cc1. The molecule has 1 fully saturated rings. The van der Waals surface area contributed by atoms with E-state index in [1.807, 2.05) is 24.0 Å². The molecule has 1 aromatic carbocycles. The highest BCUT2D eigenvalue weighted by atomic mass is 32.1. The Hall–Kier alpha value is -2.73. The van der Waals surface area contributed by atoms with Crippen molar-refractivity contribution in [1.29, 1.82) is 0 Å². The molecule has 29 heavy (non-hydrogen) atoms. The van der Waals surface area contributed by atoms with Gasteiger partial charge >= 0.3 is 0 Å². The van der Waals surface area contributed by atoms with E-state index in [0.717, 1.165) is 60.1 Å². The average Bonchev–Trinajstić information content (AvgIpc) is 3.20. The Morgan fingerprint density at radius 2 is 1.93 bits per heavy atom. The summed E-state index contributed by atoms with van der Waals surface area (Å²) < 4.78 is 5.23. The molecule has 2 aromatic heterocycles. The minimum atomic E-state index is 0.115. The second-order valence-electron chi connectivity index (χ2n) is 7.41. The first-order valence-electron chi connectivity index (χ1n) is 9.92. The van der Waals surface area contributed by atoms with Crippen LogP contribution in [0.25, 0.3) is 0 Å². The Morgan fingerprint density at radius 1 is 1.17 bits per heavy atom. The molecule has 4 rings (SSSR count). The molecule has 6 heteroatoms. The number of amides is 1. The third-order valence-corrected chi connectivity index (χ3v) is 6.43. The zero-order valence-corrected chi connectivity index (χ0v) is 17.6. The molecule has 0 N–H and O–H groups in total. The van der Waals surface area contributed by atoms with E-state index < -0.39 is 0 Å². The third kappa shape index (κ3) is 4.48. The molecule has 1 amide bonds. The van der Waals surface area contributed by atoms with Crippen molar-refractivity contribution in [2.24, 2.45) is 0 Å². The zero-order valence-electron chi connectivity index (χ0n) is 16.8. The van der Waals surface area contributed by atoms with Crippen LogP contribution in [-0.2, 0) is 6.42 Å². The summed E-state index contributed by atoms with van der Waals surface area (Å²) in [6.45, 7) is 3.44. The summed E-state index contributed by atoms with van der Waals surface area (Å²) in [5.41, 5.74) is 6.00. The Morgan fingerprint density at radius 3 is 2.59 bits per heavy atom. The quantitative estimate of drug-likeness (QED) is 0.626. The van der Waals surface area contributed by atoms with Gasteiger partial charge in [0.1, 0.15) is 10.6 Å². The second kappa shape index (κ2) is 8.74. The van der Waals surface area contributed by atoms with E-state index in [4.69, 9.17) is 9.72 Å². The van der Waals surface area contributed by atoms with Crippen LogP contribution in [0, 0.1) is 6.92 Å². The summed E-state index contributed by atoms with van der Waals surface area (Å²) in [6.07, 6.45) is 2.70. The summed E-state index contributed by atoms with van der Waals surface area (Å²) >= 11 is 1.43. The highest BCUT2D eigenvalue weighted by molar-refractivity contribution is 7.11. The van der Waals surface area contributed by atoms with Gasteiger partial charge in [-0.05, 0) is 49.6 Å². The monoisotopic (exact) mass is 407 g/mol. The normalized spacial score (nSPS) is 14.8. The number of piperidine rings is 1. The van der Waals surface area contributed by atoms with Crippen molar-refractivity contribution >= 4 is 17.2 Å². The maximum atomic E-state index is 12.7. The number of benzene rings is 1. The molecule has 5 nitrogen and oxygen atoms in total. The fourth-order valence-electron chi connectivity index (χ4n) is 3.81. The summed E-state index contributed by atoms with van der Waals surface area (Å²) in [5.74, 6) is 1.38. The van der Waals surface area contributed by atoms with Crippen LogP contribution < -0.4 is 4.74 Å². The molecule has 1 aliphatic rings. The molecule has 150 valence electrons. The molecular weight excluding hydrogens is 382 g/mol. The van der Waals surface area contributed by atoms with Crippen LogP contribution in [0.4, 0.5) is 0 Å². The molecule has 0 radical (unpaired) electrons. The lowest BCUT2D eigenvalue weighted by Gasteiger charge is -2.31.